The third kappa shape index (κ3) is 4.13. The second-order valence-corrected chi connectivity index (χ2v) is 6.24. The Morgan fingerprint density at radius 3 is 2.18 bits per heavy atom. The van der Waals surface area contributed by atoms with Crippen molar-refractivity contribution in [3.05, 3.63) is 53.6 Å². The highest BCUT2D eigenvalue weighted by Crippen LogP contribution is 2.27. The number of hydrogen-bond donors (Lipinski definition) is 0. The van der Waals surface area contributed by atoms with Crippen molar-refractivity contribution in [1.82, 2.24) is 0 Å². The molecule has 0 N–H and O–H groups in total. The fraction of sp³-hybridized carbons (Fsp3) is 0.429. The summed E-state index contributed by atoms with van der Waals surface area (Å²) in [4.78, 5) is 2.14. The van der Waals surface area contributed by atoms with Gasteiger partial charge in [-0.05, 0) is 53.6 Å². The summed E-state index contributed by atoms with van der Waals surface area (Å²) in [7, 11) is 4.16. The van der Waals surface area contributed by atoms with Gasteiger partial charge in [0.2, 0.25) is 0 Å². The second kappa shape index (κ2) is 8.03. The largest absolute Gasteiger partial charge is 0.378 e. The smallest absolute Gasteiger partial charge is 0.0361 e. The number of benzene rings is 2. The van der Waals surface area contributed by atoms with Gasteiger partial charge in [-0.3, -0.25) is 0 Å². The van der Waals surface area contributed by atoms with Crippen LogP contribution in [-0.4, -0.2) is 14.1 Å². The molecule has 0 bridgehead atoms. The van der Waals surface area contributed by atoms with Crippen LogP contribution in [0.1, 0.15) is 44.2 Å². The highest BCUT2D eigenvalue weighted by molar-refractivity contribution is 5.70. The van der Waals surface area contributed by atoms with E-state index in [1.807, 2.05) is 0 Å². The van der Waals surface area contributed by atoms with Crippen molar-refractivity contribution in [3.63, 3.8) is 0 Å². The molecule has 0 radical (unpaired) electrons. The summed E-state index contributed by atoms with van der Waals surface area (Å²) in [5.74, 6) is 0. The molecule has 0 heterocycles. The first kappa shape index (κ1) is 16.6. The molecule has 0 spiro atoms. The van der Waals surface area contributed by atoms with Crippen LogP contribution in [0.4, 0.5) is 5.69 Å². The molecule has 0 aliphatic rings. The summed E-state index contributed by atoms with van der Waals surface area (Å²) in [5, 5.41) is 0. The second-order valence-electron chi connectivity index (χ2n) is 6.24. The first-order valence-corrected chi connectivity index (χ1v) is 8.55. The van der Waals surface area contributed by atoms with Crippen molar-refractivity contribution < 1.29 is 0 Å². The lowest BCUT2D eigenvalue weighted by molar-refractivity contribution is 0.717. The molecule has 0 aliphatic carbocycles. The molecule has 0 saturated carbocycles. The van der Waals surface area contributed by atoms with Gasteiger partial charge in [0.15, 0.2) is 0 Å². The molecule has 0 amide bonds. The lowest BCUT2D eigenvalue weighted by atomic mass is 9.94. The van der Waals surface area contributed by atoms with Crippen LogP contribution in [0.25, 0.3) is 11.1 Å². The van der Waals surface area contributed by atoms with E-state index in [4.69, 9.17) is 0 Å². The minimum atomic E-state index is 1.09. The van der Waals surface area contributed by atoms with Crippen LogP contribution in [0.3, 0.4) is 0 Å². The van der Waals surface area contributed by atoms with Crippen LogP contribution in [-0.2, 0) is 12.8 Å². The summed E-state index contributed by atoms with van der Waals surface area (Å²) in [6.45, 7) is 4.51. The van der Waals surface area contributed by atoms with Crippen molar-refractivity contribution in [2.45, 2.75) is 46.0 Å². The standard InChI is InChI=1S/C21H29N/c1-5-7-8-9-17-10-15-21(18(6-2)16-17)19-11-13-20(14-12-19)22(3)4/h10-16H,5-9H2,1-4H3. The van der Waals surface area contributed by atoms with E-state index < -0.39 is 0 Å². The molecule has 22 heavy (non-hydrogen) atoms. The van der Waals surface area contributed by atoms with Gasteiger partial charge in [-0.25, -0.2) is 0 Å². The minimum Gasteiger partial charge on any atom is -0.378 e. The molecule has 0 unspecified atom stereocenters. The van der Waals surface area contributed by atoms with E-state index in [2.05, 4.69) is 75.3 Å². The molecule has 0 saturated heterocycles. The quantitative estimate of drug-likeness (QED) is 0.591. The number of hydrogen-bond acceptors (Lipinski definition) is 1. The molecule has 1 nitrogen and oxygen atoms in total. The van der Waals surface area contributed by atoms with Crippen LogP contribution >= 0.6 is 0 Å². The Balaban J connectivity index is 2.23. The predicted molar refractivity (Wildman–Crippen MR) is 98.8 cm³/mol. The van der Waals surface area contributed by atoms with E-state index >= 15 is 0 Å². The molecule has 0 aromatic heterocycles. The summed E-state index contributed by atoms with van der Waals surface area (Å²) < 4.78 is 0. The van der Waals surface area contributed by atoms with Gasteiger partial charge < -0.3 is 4.90 Å². The van der Waals surface area contributed by atoms with Crippen molar-refractivity contribution in [2.24, 2.45) is 0 Å². The molecule has 2 aromatic carbocycles. The van der Waals surface area contributed by atoms with Gasteiger partial charge in [0.05, 0.1) is 0 Å². The van der Waals surface area contributed by atoms with Crippen LogP contribution in [0, 0.1) is 0 Å². The van der Waals surface area contributed by atoms with Gasteiger partial charge in [0, 0.05) is 19.8 Å². The third-order valence-corrected chi connectivity index (χ3v) is 4.31. The summed E-state index contributed by atoms with van der Waals surface area (Å²) in [6.07, 6.45) is 6.22. The van der Waals surface area contributed by atoms with Crippen molar-refractivity contribution in [2.75, 3.05) is 19.0 Å². The average molecular weight is 295 g/mol. The topological polar surface area (TPSA) is 3.24 Å². The van der Waals surface area contributed by atoms with Gasteiger partial charge in [0.1, 0.15) is 0 Å². The SMILES string of the molecule is CCCCCc1ccc(-c2ccc(N(C)C)cc2)c(CC)c1. The fourth-order valence-electron chi connectivity index (χ4n) is 2.89. The molecule has 0 fully saturated rings. The molecular weight excluding hydrogens is 266 g/mol. The van der Waals surface area contributed by atoms with Gasteiger partial charge in [0.25, 0.3) is 0 Å². The highest BCUT2D eigenvalue weighted by Gasteiger charge is 2.06. The van der Waals surface area contributed by atoms with E-state index in [9.17, 15) is 0 Å². The van der Waals surface area contributed by atoms with Crippen molar-refractivity contribution in [3.8, 4) is 11.1 Å². The Labute approximate surface area is 136 Å². The third-order valence-electron chi connectivity index (χ3n) is 4.31. The zero-order valence-electron chi connectivity index (χ0n) is 14.5. The summed E-state index contributed by atoms with van der Waals surface area (Å²) in [6, 6.07) is 15.9. The molecule has 2 aromatic rings. The molecule has 118 valence electrons. The van der Waals surface area contributed by atoms with Gasteiger partial charge in [-0.15, -0.1) is 0 Å². The highest BCUT2D eigenvalue weighted by atomic mass is 15.1. The molecular formula is C21H29N. The fourth-order valence-corrected chi connectivity index (χ4v) is 2.89. The number of rotatable bonds is 7. The first-order chi connectivity index (χ1) is 10.7. The Kier molecular flexibility index (Phi) is 6.06. The Morgan fingerprint density at radius 2 is 1.59 bits per heavy atom. The number of anilines is 1. The maximum absolute atomic E-state index is 2.41. The van der Waals surface area contributed by atoms with Gasteiger partial charge in [-0.1, -0.05) is 57.0 Å². The molecule has 1 heteroatoms. The van der Waals surface area contributed by atoms with Crippen LogP contribution in [0.5, 0.6) is 0 Å². The lowest BCUT2D eigenvalue weighted by Gasteiger charge is -2.14. The number of aryl methyl sites for hydroxylation is 2. The van der Waals surface area contributed by atoms with E-state index in [0.29, 0.717) is 0 Å². The maximum atomic E-state index is 2.41. The van der Waals surface area contributed by atoms with Crippen molar-refractivity contribution in [1.29, 1.82) is 0 Å². The molecule has 0 atom stereocenters. The minimum absolute atomic E-state index is 1.09. The molecule has 0 aliphatic heterocycles. The predicted octanol–water partition coefficient (Wildman–Crippen LogP) is 5.71. The van der Waals surface area contributed by atoms with Crippen molar-refractivity contribution >= 4 is 5.69 Å². The monoisotopic (exact) mass is 295 g/mol. The van der Waals surface area contributed by atoms with Crippen LogP contribution in [0.15, 0.2) is 42.5 Å². The van der Waals surface area contributed by atoms with E-state index in [-0.39, 0.29) is 0 Å². The van der Waals surface area contributed by atoms with E-state index in [0.717, 1.165) is 6.42 Å². The summed E-state index contributed by atoms with van der Waals surface area (Å²) in [5.41, 5.74) is 6.90. The first-order valence-electron chi connectivity index (χ1n) is 8.55. The number of nitrogens with zero attached hydrogens (tertiary/aromatic N) is 1. The Hall–Kier alpha value is -1.76. The zero-order chi connectivity index (χ0) is 15.9. The molecule has 2 rings (SSSR count). The van der Waals surface area contributed by atoms with Gasteiger partial charge >= 0.3 is 0 Å². The van der Waals surface area contributed by atoms with Crippen LogP contribution in [0.2, 0.25) is 0 Å². The normalized spacial score (nSPS) is 10.7. The van der Waals surface area contributed by atoms with E-state index in [1.54, 1.807) is 0 Å². The Morgan fingerprint density at radius 1 is 0.864 bits per heavy atom. The number of unbranched alkanes of at least 4 members (excludes halogenated alkanes) is 2. The average Bonchev–Trinajstić information content (AvgIpc) is 2.55. The van der Waals surface area contributed by atoms with Gasteiger partial charge in [-0.2, -0.15) is 0 Å². The summed E-state index contributed by atoms with van der Waals surface area (Å²) >= 11 is 0. The zero-order valence-corrected chi connectivity index (χ0v) is 14.5. The maximum Gasteiger partial charge on any atom is 0.0361 e. The Bertz CT molecular complexity index is 581. The van der Waals surface area contributed by atoms with E-state index in [1.165, 1.54) is 53.6 Å². The van der Waals surface area contributed by atoms with Crippen LogP contribution < -0.4 is 4.90 Å². The lowest BCUT2D eigenvalue weighted by Crippen LogP contribution is -2.07.